The standard InChI is InChI=1S/C14H21NO5S.ClH/c1-13(2,3)12(18)20-7-19-11(17)10-14(4,5)21-9-6-8(16)15(9)10;/h9-10H,6-7H2,1-5H3;1H/t9-,10+;/m1./s1. The zero-order chi connectivity index (χ0) is 16.0. The Morgan fingerprint density at radius 1 is 1.32 bits per heavy atom. The van der Waals surface area contributed by atoms with Gasteiger partial charge in [0.2, 0.25) is 12.7 Å². The molecule has 0 radical (unpaired) electrons. The van der Waals surface area contributed by atoms with E-state index in [1.807, 2.05) is 13.8 Å². The van der Waals surface area contributed by atoms with Gasteiger partial charge in [-0.2, -0.15) is 0 Å². The number of thioether (sulfide) groups is 1. The largest absolute Gasteiger partial charge is 0.427 e. The Morgan fingerprint density at radius 2 is 1.91 bits per heavy atom. The van der Waals surface area contributed by atoms with E-state index in [-0.39, 0.29) is 23.7 Å². The van der Waals surface area contributed by atoms with E-state index in [4.69, 9.17) is 9.47 Å². The van der Waals surface area contributed by atoms with Crippen LogP contribution in [0.3, 0.4) is 0 Å². The maximum Gasteiger partial charge on any atom is 0.333 e. The van der Waals surface area contributed by atoms with Crippen LogP contribution in [0.2, 0.25) is 0 Å². The summed E-state index contributed by atoms with van der Waals surface area (Å²) in [6.07, 6.45) is 0.469. The fraction of sp³-hybridized carbons (Fsp3) is 0.786. The highest BCUT2D eigenvalue weighted by Gasteiger charge is 2.59. The summed E-state index contributed by atoms with van der Waals surface area (Å²) >= 11 is 1.60. The smallest absolute Gasteiger partial charge is 0.333 e. The molecule has 6 nitrogen and oxygen atoms in total. The zero-order valence-corrected chi connectivity index (χ0v) is 15.0. The van der Waals surface area contributed by atoms with Crippen LogP contribution in [-0.4, -0.2) is 45.7 Å². The molecule has 8 heteroatoms. The Kier molecular flexibility index (Phi) is 5.45. The van der Waals surface area contributed by atoms with Gasteiger partial charge >= 0.3 is 11.9 Å². The second-order valence-corrected chi connectivity index (χ2v) is 8.68. The number of esters is 2. The van der Waals surface area contributed by atoms with Gasteiger partial charge in [-0.1, -0.05) is 0 Å². The molecule has 0 spiro atoms. The quantitative estimate of drug-likeness (QED) is 0.439. The van der Waals surface area contributed by atoms with Gasteiger partial charge < -0.3 is 14.4 Å². The second kappa shape index (κ2) is 6.28. The van der Waals surface area contributed by atoms with Gasteiger partial charge in [0.05, 0.1) is 17.2 Å². The molecule has 2 fully saturated rings. The summed E-state index contributed by atoms with van der Waals surface area (Å²) in [5.41, 5.74) is -0.645. The van der Waals surface area contributed by atoms with Crippen LogP contribution in [0, 0.1) is 5.41 Å². The molecule has 0 aliphatic carbocycles. The lowest BCUT2D eigenvalue weighted by Crippen LogP contribution is -2.57. The lowest BCUT2D eigenvalue weighted by atomic mass is 9.97. The number of ether oxygens (including phenoxy) is 2. The van der Waals surface area contributed by atoms with E-state index in [9.17, 15) is 14.4 Å². The molecule has 0 aromatic carbocycles. The number of halogens is 1. The lowest BCUT2D eigenvalue weighted by Gasteiger charge is -2.37. The molecule has 0 unspecified atom stereocenters. The van der Waals surface area contributed by atoms with Crippen molar-refractivity contribution in [3.63, 3.8) is 0 Å². The minimum absolute atomic E-state index is 0. The Bertz CT molecular complexity index is 488. The first kappa shape index (κ1) is 19.1. The number of carbonyl (C=O) groups excluding carboxylic acids is 3. The summed E-state index contributed by atoms with van der Waals surface area (Å²) in [5, 5.41) is 0.0576. The molecule has 2 saturated heterocycles. The van der Waals surface area contributed by atoms with Gasteiger partial charge in [-0.05, 0) is 34.6 Å². The van der Waals surface area contributed by atoms with Gasteiger partial charge in [-0.3, -0.25) is 9.59 Å². The highest BCUT2D eigenvalue weighted by Crippen LogP contribution is 2.50. The van der Waals surface area contributed by atoms with E-state index in [1.54, 1.807) is 37.4 Å². The summed E-state index contributed by atoms with van der Waals surface area (Å²) in [5.74, 6) is -0.996. The first-order valence-corrected chi connectivity index (χ1v) is 7.75. The van der Waals surface area contributed by atoms with Crippen molar-refractivity contribution in [3.8, 4) is 0 Å². The van der Waals surface area contributed by atoms with Gasteiger partial charge in [-0.15, -0.1) is 24.2 Å². The van der Waals surface area contributed by atoms with Gasteiger partial charge in [0.1, 0.15) is 6.04 Å². The Labute approximate surface area is 140 Å². The minimum Gasteiger partial charge on any atom is -0.427 e. The Hall–Kier alpha value is -0.950. The average Bonchev–Trinajstić information content (AvgIpc) is 2.54. The SMILES string of the molecule is CC(C)(C)C(=O)OCOC(=O)[C@@H]1N2C(=O)C[C@H]2SC1(C)C.Cl. The fourth-order valence-corrected chi connectivity index (χ4v) is 4.01. The minimum atomic E-state index is -0.645. The molecule has 0 aromatic heterocycles. The molecular weight excluding hydrogens is 330 g/mol. The van der Waals surface area contributed by atoms with Crippen molar-refractivity contribution in [2.45, 2.75) is 57.2 Å². The van der Waals surface area contributed by atoms with E-state index in [2.05, 4.69) is 0 Å². The zero-order valence-electron chi connectivity index (χ0n) is 13.4. The maximum absolute atomic E-state index is 12.2. The van der Waals surface area contributed by atoms with Gasteiger partial charge in [0.25, 0.3) is 0 Å². The van der Waals surface area contributed by atoms with E-state index >= 15 is 0 Å². The predicted molar refractivity (Wildman–Crippen MR) is 84.5 cm³/mol. The van der Waals surface area contributed by atoms with E-state index < -0.39 is 34.9 Å². The van der Waals surface area contributed by atoms with Gasteiger partial charge in [-0.25, -0.2) is 4.79 Å². The molecule has 2 aliphatic rings. The molecule has 0 N–H and O–H groups in total. The third-order valence-corrected chi connectivity index (χ3v) is 5.05. The van der Waals surface area contributed by atoms with Crippen LogP contribution < -0.4 is 0 Å². The number of β-lactam (4-membered cyclic amide) rings is 1. The first-order chi connectivity index (χ1) is 9.54. The molecular formula is C14H22ClNO5S. The van der Waals surface area contributed by atoms with Crippen molar-refractivity contribution < 1.29 is 23.9 Å². The van der Waals surface area contributed by atoms with E-state index in [1.165, 1.54) is 0 Å². The van der Waals surface area contributed by atoms with Crippen LogP contribution in [0.5, 0.6) is 0 Å². The molecule has 1 amide bonds. The Balaban J connectivity index is 0.00000242. The molecule has 2 atom stereocenters. The normalized spacial score (nSPS) is 25.7. The highest BCUT2D eigenvalue weighted by atomic mass is 35.5. The van der Waals surface area contributed by atoms with Gasteiger partial charge in [0, 0.05) is 4.75 Å². The topological polar surface area (TPSA) is 72.9 Å². The van der Waals surface area contributed by atoms with Crippen LogP contribution in [0.25, 0.3) is 0 Å². The van der Waals surface area contributed by atoms with Crippen molar-refractivity contribution in [3.05, 3.63) is 0 Å². The van der Waals surface area contributed by atoms with Crippen LogP contribution in [0.1, 0.15) is 41.0 Å². The van der Waals surface area contributed by atoms with Crippen molar-refractivity contribution >= 4 is 42.0 Å². The van der Waals surface area contributed by atoms with Crippen LogP contribution >= 0.6 is 24.2 Å². The second-order valence-electron chi connectivity index (χ2n) is 6.85. The summed E-state index contributed by atoms with van der Waals surface area (Å²) in [6, 6.07) is -0.623. The third-order valence-electron chi connectivity index (χ3n) is 3.55. The molecule has 126 valence electrons. The summed E-state index contributed by atoms with van der Waals surface area (Å²) in [6.45, 7) is 8.57. The van der Waals surface area contributed by atoms with Crippen LogP contribution in [0.4, 0.5) is 0 Å². The number of hydrogen-bond donors (Lipinski definition) is 0. The highest BCUT2D eigenvalue weighted by molar-refractivity contribution is 8.01. The van der Waals surface area contributed by atoms with Crippen molar-refractivity contribution in [2.24, 2.45) is 5.41 Å². The molecule has 0 bridgehead atoms. The molecule has 2 heterocycles. The summed E-state index contributed by atoms with van der Waals surface area (Å²) in [4.78, 5) is 37.0. The number of hydrogen-bond acceptors (Lipinski definition) is 6. The fourth-order valence-electron chi connectivity index (χ4n) is 2.39. The number of amides is 1. The summed E-state index contributed by atoms with van der Waals surface area (Å²) in [7, 11) is 0. The number of carbonyl (C=O) groups is 3. The number of nitrogens with zero attached hydrogens (tertiary/aromatic N) is 1. The molecule has 2 aliphatic heterocycles. The lowest BCUT2D eigenvalue weighted by molar-refractivity contribution is -0.179. The molecule has 22 heavy (non-hydrogen) atoms. The summed E-state index contributed by atoms with van der Waals surface area (Å²) < 4.78 is 9.56. The number of rotatable bonds is 3. The van der Waals surface area contributed by atoms with Gasteiger partial charge in [0.15, 0.2) is 0 Å². The average molecular weight is 352 g/mol. The maximum atomic E-state index is 12.2. The van der Waals surface area contributed by atoms with E-state index in [0.717, 1.165) is 0 Å². The molecule has 0 saturated carbocycles. The monoisotopic (exact) mass is 351 g/mol. The van der Waals surface area contributed by atoms with E-state index in [0.29, 0.717) is 6.42 Å². The van der Waals surface area contributed by atoms with Crippen molar-refractivity contribution in [2.75, 3.05) is 6.79 Å². The number of fused-ring (bicyclic) bond motifs is 1. The molecule has 0 aromatic rings. The Morgan fingerprint density at radius 3 is 2.41 bits per heavy atom. The van der Waals surface area contributed by atoms with Crippen LogP contribution in [-0.2, 0) is 23.9 Å². The van der Waals surface area contributed by atoms with Crippen LogP contribution in [0.15, 0.2) is 0 Å². The predicted octanol–water partition coefficient (Wildman–Crippen LogP) is 1.95. The van der Waals surface area contributed by atoms with Crippen molar-refractivity contribution in [1.82, 2.24) is 4.90 Å². The molecule has 2 rings (SSSR count). The third kappa shape index (κ3) is 3.51. The van der Waals surface area contributed by atoms with Crippen molar-refractivity contribution in [1.29, 1.82) is 0 Å². The first-order valence-electron chi connectivity index (χ1n) is 6.87.